The quantitative estimate of drug-likeness (QED) is 0.770. The lowest BCUT2D eigenvalue weighted by molar-refractivity contribution is 0.492. The molecule has 0 spiro atoms. The molecule has 1 heterocycles. The molecule has 2 N–H and O–H groups in total. The Hall–Kier alpha value is -0.430. The highest BCUT2D eigenvalue weighted by molar-refractivity contribution is 7.89. The fraction of sp³-hybridized carbons (Fsp3) is 0.733. The number of nitrogens with one attached hydrogen (secondary N) is 2. The molecule has 1 unspecified atom stereocenters. The van der Waals surface area contributed by atoms with Crippen LogP contribution in [0.15, 0.2) is 11.0 Å². The van der Waals surface area contributed by atoms with Crippen LogP contribution in [0.4, 0.5) is 0 Å². The minimum Gasteiger partial charge on any atom is -0.310 e. The van der Waals surface area contributed by atoms with Gasteiger partial charge < -0.3 is 5.32 Å². The Kier molecular flexibility index (Phi) is 5.46. The average molecular weight is 331 g/mol. The van der Waals surface area contributed by atoms with E-state index in [4.69, 9.17) is 0 Å². The van der Waals surface area contributed by atoms with Crippen LogP contribution in [0.1, 0.15) is 43.4 Å². The Bertz CT molecular complexity index is 574. The molecule has 6 heteroatoms. The first kappa shape index (κ1) is 16.9. The van der Waals surface area contributed by atoms with Gasteiger partial charge in [-0.1, -0.05) is 20.8 Å². The van der Waals surface area contributed by atoms with E-state index in [1.54, 1.807) is 17.4 Å². The topological polar surface area (TPSA) is 58.2 Å². The summed E-state index contributed by atoms with van der Waals surface area (Å²) >= 11 is 1.55. The van der Waals surface area contributed by atoms with Gasteiger partial charge in [-0.2, -0.15) is 0 Å². The molecule has 0 radical (unpaired) electrons. The lowest BCUT2D eigenvalue weighted by Crippen LogP contribution is -2.29. The van der Waals surface area contributed by atoms with Crippen LogP contribution in [0.5, 0.6) is 0 Å². The molecule has 1 aliphatic carbocycles. The van der Waals surface area contributed by atoms with E-state index in [1.807, 2.05) is 6.92 Å². The number of hydrogen-bond donors (Lipinski definition) is 2. The molecule has 21 heavy (non-hydrogen) atoms. The van der Waals surface area contributed by atoms with Crippen LogP contribution in [0.2, 0.25) is 0 Å². The predicted molar refractivity (Wildman–Crippen MR) is 88.1 cm³/mol. The summed E-state index contributed by atoms with van der Waals surface area (Å²) in [6, 6.07) is 2.20. The van der Waals surface area contributed by atoms with Crippen molar-refractivity contribution in [1.29, 1.82) is 0 Å². The van der Waals surface area contributed by atoms with Crippen molar-refractivity contribution >= 4 is 21.4 Å². The highest BCUT2D eigenvalue weighted by Crippen LogP contribution is 2.36. The Morgan fingerprint density at radius 3 is 2.57 bits per heavy atom. The first-order valence-electron chi connectivity index (χ1n) is 7.62. The van der Waals surface area contributed by atoms with Gasteiger partial charge in [0, 0.05) is 28.9 Å². The van der Waals surface area contributed by atoms with Gasteiger partial charge in [-0.25, -0.2) is 13.1 Å². The van der Waals surface area contributed by atoms with Crippen molar-refractivity contribution in [3.63, 3.8) is 0 Å². The van der Waals surface area contributed by atoms with Crippen molar-refractivity contribution in [3.05, 3.63) is 15.8 Å². The van der Waals surface area contributed by atoms with Gasteiger partial charge in [-0.05, 0) is 37.7 Å². The van der Waals surface area contributed by atoms with Gasteiger partial charge >= 0.3 is 0 Å². The Morgan fingerprint density at radius 2 is 2.00 bits per heavy atom. The number of rotatable bonds is 8. The van der Waals surface area contributed by atoms with Crippen molar-refractivity contribution in [3.8, 4) is 0 Å². The fourth-order valence-electron chi connectivity index (χ4n) is 2.33. The van der Waals surface area contributed by atoms with Gasteiger partial charge in [-0.15, -0.1) is 11.3 Å². The van der Waals surface area contributed by atoms with Crippen LogP contribution in [-0.4, -0.2) is 21.0 Å². The van der Waals surface area contributed by atoms with Crippen molar-refractivity contribution in [1.82, 2.24) is 10.0 Å². The van der Waals surface area contributed by atoms with Gasteiger partial charge in [0.05, 0.1) is 4.90 Å². The molecular weight excluding hydrogens is 304 g/mol. The standard InChI is InChI=1S/C15H26N2O2S2/c1-10(2)16-9-14-7-15(12(4)20-14)21(18,19)17-8-11(3)13-5-6-13/h7,10-11,13,16-17H,5-6,8-9H2,1-4H3. The number of sulfonamides is 1. The van der Waals surface area contributed by atoms with Crippen molar-refractivity contribution in [2.24, 2.45) is 11.8 Å². The SMILES string of the molecule is Cc1sc(CNC(C)C)cc1S(=O)(=O)NCC(C)C1CC1. The molecule has 0 saturated heterocycles. The molecule has 0 bridgehead atoms. The van der Waals surface area contributed by atoms with Gasteiger partial charge in [0.2, 0.25) is 10.0 Å². The summed E-state index contributed by atoms with van der Waals surface area (Å²) in [6.07, 6.45) is 2.48. The molecule has 120 valence electrons. The molecule has 4 nitrogen and oxygen atoms in total. The number of thiophene rings is 1. The van der Waals surface area contributed by atoms with Gasteiger partial charge in [-0.3, -0.25) is 0 Å². The molecule has 1 aromatic rings. The van der Waals surface area contributed by atoms with Crippen molar-refractivity contribution in [2.45, 2.75) is 58.0 Å². The van der Waals surface area contributed by atoms with E-state index < -0.39 is 10.0 Å². The summed E-state index contributed by atoms with van der Waals surface area (Å²) in [5.41, 5.74) is 0. The Balaban J connectivity index is 2.01. The second-order valence-corrected chi connectivity index (χ2v) is 9.41. The van der Waals surface area contributed by atoms with E-state index in [1.165, 1.54) is 12.8 Å². The van der Waals surface area contributed by atoms with E-state index in [0.717, 1.165) is 16.3 Å². The third kappa shape index (κ3) is 4.77. The molecule has 1 aliphatic rings. The smallest absolute Gasteiger partial charge is 0.241 e. The third-order valence-electron chi connectivity index (χ3n) is 3.92. The summed E-state index contributed by atoms with van der Waals surface area (Å²) in [4.78, 5) is 2.37. The van der Waals surface area contributed by atoms with Crippen molar-refractivity contribution < 1.29 is 8.42 Å². The highest BCUT2D eigenvalue weighted by atomic mass is 32.2. The molecular formula is C15H26N2O2S2. The van der Waals surface area contributed by atoms with Crippen LogP contribution < -0.4 is 10.0 Å². The van der Waals surface area contributed by atoms with Crippen LogP contribution in [0.25, 0.3) is 0 Å². The van der Waals surface area contributed by atoms with Gasteiger partial charge in [0.15, 0.2) is 0 Å². The molecule has 0 aromatic carbocycles. The summed E-state index contributed by atoms with van der Waals surface area (Å²) in [7, 11) is -3.38. The maximum absolute atomic E-state index is 12.4. The average Bonchev–Trinajstić information content (AvgIpc) is 3.17. The van der Waals surface area contributed by atoms with Gasteiger partial charge in [0.25, 0.3) is 0 Å². The number of hydrogen-bond acceptors (Lipinski definition) is 4. The van der Waals surface area contributed by atoms with Gasteiger partial charge in [0.1, 0.15) is 0 Å². The normalized spacial score (nSPS) is 17.4. The molecule has 1 aromatic heterocycles. The second kappa shape index (κ2) is 6.77. The van der Waals surface area contributed by atoms with Crippen LogP contribution in [0.3, 0.4) is 0 Å². The zero-order valence-electron chi connectivity index (χ0n) is 13.3. The monoisotopic (exact) mass is 330 g/mol. The summed E-state index contributed by atoms with van der Waals surface area (Å²) in [6.45, 7) is 9.43. The summed E-state index contributed by atoms with van der Waals surface area (Å²) < 4.78 is 27.6. The number of aryl methyl sites for hydroxylation is 1. The first-order chi connectivity index (χ1) is 9.79. The third-order valence-corrected chi connectivity index (χ3v) is 6.65. The molecule has 0 amide bonds. The maximum atomic E-state index is 12.4. The Labute approximate surface area is 132 Å². The fourth-order valence-corrected chi connectivity index (χ4v) is 5.06. The van der Waals surface area contributed by atoms with E-state index >= 15 is 0 Å². The minimum atomic E-state index is -3.38. The van der Waals surface area contributed by atoms with E-state index in [2.05, 4.69) is 30.8 Å². The predicted octanol–water partition coefficient (Wildman–Crippen LogP) is 2.88. The molecule has 1 atom stereocenters. The highest BCUT2D eigenvalue weighted by Gasteiger charge is 2.29. The van der Waals surface area contributed by atoms with E-state index in [9.17, 15) is 8.42 Å². The van der Waals surface area contributed by atoms with Crippen LogP contribution in [-0.2, 0) is 16.6 Å². The van der Waals surface area contributed by atoms with Crippen LogP contribution >= 0.6 is 11.3 Å². The molecule has 0 aliphatic heterocycles. The second-order valence-electron chi connectivity index (χ2n) is 6.34. The lowest BCUT2D eigenvalue weighted by Gasteiger charge is -2.11. The molecule has 1 saturated carbocycles. The zero-order valence-corrected chi connectivity index (χ0v) is 14.9. The summed E-state index contributed by atoms with van der Waals surface area (Å²) in [5, 5.41) is 3.32. The molecule has 2 rings (SSSR count). The summed E-state index contributed by atoms with van der Waals surface area (Å²) in [5.74, 6) is 1.14. The Morgan fingerprint density at radius 1 is 1.33 bits per heavy atom. The van der Waals surface area contributed by atoms with Crippen LogP contribution in [0, 0.1) is 18.8 Å². The zero-order chi connectivity index (χ0) is 15.6. The molecule has 1 fully saturated rings. The lowest BCUT2D eigenvalue weighted by atomic mass is 10.1. The minimum absolute atomic E-state index is 0.393. The largest absolute Gasteiger partial charge is 0.310 e. The maximum Gasteiger partial charge on any atom is 0.241 e. The van der Waals surface area contributed by atoms with E-state index in [-0.39, 0.29) is 0 Å². The van der Waals surface area contributed by atoms with Crippen molar-refractivity contribution in [2.75, 3.05) is 6.54 Å². The first-order valence-corrected chi connectivity index (χ1v) is 9.92. The van der Waals surface area contributed by atoms with E-state index in [0.29, 0.717) is 29.3 Å².